The van der Waals surface area contributed by atoms with Crippen molar-refractivity contribution < 1.29 is 13.4 Å². The largest absolute Gasteiger partial charge is 0.295 e. The smallest absolute Gasteiger partial charge is 0.203 e. The maximum Gasteiger partial charge on any atom is 0.295 e. The third-order valence-electron chi connectivity index (χ3n) is 0.480. The summed E-state index contributed by atoms with van der Waals surface area (Å²) in [5, 5.41) is -1.33. The first kappa shape index (κ1) is 3.89. The molecule has 0 aromatic heterocycles. The normalized spacial score (nSPS) is 55.5. The third kappa shape index (κ3) is 0.289. The second kappa shape index (κ2) is 0.855. The summed E-state index contributed by atoms with van der Waals surface area (Å²) in [7, 11) is 0. The minimum absolute atomic E-state index is 0.667. The molecule has 0 radical (unpaired) electrons. The number of rotatable bonds is 0. The zero-order valence-corrected chi connectivity index (χ0v) is 2.61. The zero-order valence-electron chi connectivity index (χ0n) is 2.61. The van der Waals surface area contributed by atoms with E-state index in [0.717, 1.165) is 0 Å². The van der Waals surface area contributed by atoms with Crippen LogP contribution >= 0.6 is 0 Å². The number of hydrogen-bond acceptors (Lipinski definition) is 2. The topological polar surface area (TPSA) is 6.02 Å². The van der Waals surface area contributed by atoms with Gasteiger partial charge in [-0.25, -0.2) is 4.39 Å². The molecule has 1 fully saturated rings. The maximum absolute atomic E-state index is 11.0. The molecule has 1 rings (SSSR count). The van der Waals surface area contributed by atoms with Crippen LogP contribution in [-0.4, -0.2) is 16.9 Å². The Hall–Kier alpha value is -0.290. The molecule has 0 bridgehead atoms. The molecule has 1 aliphatic rings. The molecule has 0 aliphatic carbocycles. The monoisotopic (exact) mass is 98.0 g/mol. The lowest BCUT2D eigenvalue weighted by Gasteiger charge is -1.64. The number of nitrogens with zero attached hydrogens (tertiary/aromatic N) is 2. The molecule has 0 saturated carbocycles. The number of hydrazine groups is 1. The maximum atomic E-state index is 11.0. The quantitative estimate of drug-likeness (QED) is 0.248. The van der Waals surface area contributed by atoms with Crippen molar-refractivity contribution in [2.24, 2.45) is 0 Å². The van der Waals surface area contributed by atoms with Crippen molar-refractivity contribution in [3.63, 3.8) is 0 Å². The zero-order chi connectivity index (χ0) is 4.73. The second-order valence-electron chi connectivity index (χ2n) is 0.888. The van der Waals surface area contributed by atoms with Crippen molar-refractivity contribution in [3.8, 4) is 0 Å². The minimum Gasteiger partial charge on any atom is -0.203 e. The highest BCUT2D eigenvalue weighted by Crippen LogP contribution is 2.26. The Bertz CT molecular complexity index is 45.5. The minimum atomic E-state index is -2.15. The Kier molecular flexibility index (Phi) is 0.553. The average molecular weight is 98.0 g/mol. The number of hydrogen-bond donors (Lipinski definition) is 0. The van der Waals surface area contributed by atoms with Crippen LogP contribution in [0.5, 0.6) is 0 Å². The Morgan fingerprint density at radius 2 is 1.33 bits per heavy atom. The van der Waals surface area contributed by atoms with Gasteiger partial charge in [-0.05, 0) is 0 Å². The van der Waals surface area contributed by atoms with E-state index in [1.807, 2.05) is 0 Å². The molecular weight excluding hydrogens is 97.0 g/mol. The van der Waals surface area contributed by atoms with Gasteiger partial charge in [-0.2, -0.15) is 0 Å². The van der Waals surface area contributed by atoms with Crippen LogP contribution in [0.15, 0.2) is 0 Å². The van der Waals surface area contributed by atoms with Crippen LogP contribution in [0.25, 0.3) is 0 Å². The lowest BCUT2D eigenvalue weighted by molar-refractivity contribution is -0.0349. The van der Waals surface area contributed by atoms with E-state index in [9.17, 15) is 13.4 Å². The van der Waals surface area contributed by atoms with E-state index in [1.165, 1.54) is 0 Å². The van der Waals surface area contributed by atoms with Crippen LogP contribution in [0.4, 0.5) is 13.4 Å². The van der Waals surface area contributed by atoms with E-state index >= 15 is 0 Å². The highest BCUT2D eigenvalue weighted by Gasteiger charge is 2.49. The molecule has 2 unspecified atom stereocenters. The summed E-state index contributed by atoms with van der Waals surface area (Å²) >= 11 is 0. The van der Waals surface area contributed by atoms with Crippen LogP contribution in [0.2, 0.25) is 0 Å². The van der Waals surface area contributed by atoms with Crippen molar-refractivity contribution in [1.29, 1.82) is 0 Å². The fourth-order valence-corrected chi connectivity index (χ4v) is 0.114. The lowest BCUT2D eigenvalue weighted by Crippen LogP contribution is -1.77. The van der Waals surface area contributed by atoms with E-state index in [4.69, 9.17) is 0 Å². The predicted octanol–water partition coefficient (Wildman–Crippen LogP) is 0.541. The Morgan fingerprint density at radius 3 is 1.33 bits per heavy atom. The van der Waals surface area contributed by atoms with Gasteiger partial charge in [0.2, 0.25) is 0 Å². The van der Waals surface area contributed by atoms with Crippen molar-refractivity contribution in [1.82, 2.24) is 10.5 Å². The van der Waals surface area contributed by atoms with Crippen LogP contribution in [0, 0.1) is 0 Å². The van der Waals surface area contributed by atoms with E-state index in [-0.39, 0.29) is 0 Å². The number of halogens is 3. The molecule has 0 N–H and O–H groups in total. The molecule has 1 saturated heterocycles. The van der Waals surface area contributed by atoms with Gasteiger partial charge in [0.15, 0.2) is 0 Å². The van der Waals surface area contributed by atoms with Crippen molar-refractivity contribution in [3.05, 3.63) is 0 Å². The average Bonchev–Trinajstić information content (AvgIpc) is 1.94. The summed E-state index contributed by atoms with van der Waals surface area (Å²) in [5.74, 6) is 0. The Morgan fingerprint density at radius 1 is 1.17 bits per heavy atom. The van der Waals surface area contributed by atoms with Gasteiger partial charge in [0.1, 0.15) is 0 Å². The van der Waals surface area contributed by atoms with Crippen LogP contribution in [-0.2, 0) is 0 Å². The standard InChI is InChI=1S/CHF3N2/c2-1-5(3)6(1)4/h1H. The summed E-state index contributed by atoms with van der Waals surface area (Å²) in [6.45, 7) is 0. The summed E-state index contributed by atoms with van der Waals surface area (Å²) < 4.78 is 32.8. The molecule has 0 spiro atoms. The SMILES string of the molecule is FC1N(F)N1F. The third-order valence-corrected chi connectivity index (χ3v) is 0.480. The molecule has 5 heteroatoms. The predicted molar refractivity (Wildman–Crippen MR) is 10.8 cm³/mol. The molecule has 6 heavy (non-hydrogen) atoms. The summed E-state index contributed by atoms with van der Waals surface area (Å²) in [4.78, 5) is 0. The first-order valence-electron chi connectivity index (χ1n) is 1.27. The van der Waals surface area contributed by atoms with Gasteiger partial charge in [0, 0.05) is 10.5 Å². The van der Waals surface area contributed by atoms with Gasteiger partial charge in [-0.15, -0.1) is 8.96 Å². The van der Waals surface area contributed by atoms with E-state index in [0.29, 0.717) is 0 Å². The number of alkyl halides is 1. The second-order valence-corrected chi connectivity index (χ2v) is 0.888. The summed E-state index contributed by atoms with van der Waals surface area (Å²) in [6.07, 6.45) is -2.15. The summed E-state index contributed by atoms with van der Waals surface area (Å²) in [6, 6.07) is 0. The molecule has 1 aliphatic heterocycles. The van der Waals surface area contributed by atoms with Crippen molar-refractivity contribution in [2.45, 2.75) is 6.42 Å². The summed E-state index contributed by atoms with van der Waals surface area (Å²) in [5.41, 5.74) is 0. The van der Waals surface area contributed by atoms with Crippen molar-refractivity contribution in [2.75, 3.05) is 0 Å². The van der Waals surface area contributed by atoms with Gasteiger partial charge >= 0.3 is 0 Å². The Labute approximate surface area is 31.6 Å². The first-order chi connectivity index (χ1) is 2.73. The molecule has 0 aromatic rings. The Balaban J connectivity index is 2.31. The lowest BCUT2D eigenvalue weighted by atomic mass is 11.3. The highest BCUT2D eigenvalue weighted by atomic mass is 19.3. The molecule has 36 valence electrons. The van der Waals surface area contributed by atoms with E-state index in [2.05, 4.69) is 0 Å². The van der Waals surface area contributed by atoms with Gasteiger partial charge in [-0.3, -0.25) is 0 Å². The van der Waals surface area contributed by atoms with Crippen LogP contribution in [0.3, 0.4) is 0 Å². The van der Waals surface area contributed by atoms with Gasteiger partial charge in [0.05, 0.1) is 0 Å². The van der Waals surface area contributed by atoms with Gasteiger partial charge in [0.25, 0.3) is 6.42 Å². The molecule has 2 atom stereocenters. The van der Waals surface area contributed by atoms with Crippen LogP contribution in [0.1, 0.15) is 0 Å². The van der Waals surface area contributed by atoms with Crippen LogP contribution < -0.4 is 0 Å². The van der Waals surface area contributed by atoms with Gasteiger partial charge in [-0.1, -0.05) is 0 Å². The molecule has 0 aromatic carbocycles. The molecular formula is CHF3N2. The van der Waals surface area contributed by atoms with Crippen molar-refractivity contribution >= 4 is 0 Å². The van der Waals surface area contributed by atoms with Gasteiger partial charge < -0.3 is 0 Å². The molecule has 2 nitrogen and oxygen atoms in total. The fraction of sp³-hybridized carbons (Fsp3) is 1.00. The highest BCUT2D eigenvalue weighted by molar-refractivity contribution is 4.50. The molecule has 1 heterocycles. The fourth-order valence-electron chi connectivity index (χ4n) is 0.114. The first-order valence-corrected chi connectivity index (χ1v) is 1.27. The molecule has 0 amide bonds. The van der Waals surface area contributed by atoms with E-state index < -0.39 is 16.9 Å². The van der Waals surface area contributed by atoms with E-state index in [1.54, 1.807) is 0 Å².